The summed E-state index contributed by atoms with van der Waals surface area (Å²) in [6.45, 7) is 2.06. The van der Waals surface area contributed by atoms with Crippen LogP contribution in [0.25, 0.3) is 0 Å². The summed E-state index contributed by atoms with van der Waals surface area (Å²) >= 11 is 0. The number of carbonyl (C=O) groups excluding carboxylic acids is 1. The molecule has 0 unspecified atom stereocenters. The molecule has 9 heteroatoms. The fraction of sp³-hybridized carbons (Fsp3) is 0.393. The van der Waals surface area contributed by atoms with E-state index in [1.54, 1.807) is 12.1 Å². The van der Waals surface area contributed by atoms with Crippen LogP contribution in [0.4, 0.5) is 24.5 Å². The molecule has 2 N–H and O–H groups in total. The fourth-order valence-electron chi connectivity index (χ4n) is 5.10. The Labute approximate surface area is 213 Å². The van der Waals surface area contributed by atoms with E-state index in [-0.39, 0.29) is 17.4 Å². The third-order valence-electron chi connectivity index (χ3n) is 7.29. The van der Waals surface area contributed by atoms with Crippen molar-refractivity contribution in [3.8, 4) is 0 Å². The van der Waals surface area contributed by atoms with Crippen molar-refractivity contribution in [3.05, 3.63) is 83.3 Å². The summed E-state index contributed by atoms with van der Waals surface area (Å²) in [5, 5.41) is 13.8. The number of hydrogen-bond donors (Lipinski definition) is 2. The Kier molecular flexibility index (Phi) is 7.00. The van der Waals surface area contributed by atoms with Gasteiger partial charge in [0, 0.05) is 32.2 Å². The zero-order valence-electron chi connectivity index (χ0n) is 20.3. The largest absolute Gasteiger partial charge is 0.456 e. The summed E-state index contributed by atoms with van der Waals surface area (Å²) in [6.07, 6.45) is -2.18. The van der Waals surface area contributed by atoms with Crippen molar-refractivity contribution in [3.63, 3.8) is 0 Å². The van der Waals surface area contributed by atoms with E-state index in [0.717, 1.165) is 30.5 Å². The number of anilines is 2. The standard InChI is InChI=1S/C28H29F3N2O4/c29-28(30,31)21-6-7-23(33-14-12-27(35,13-15-33)20-4-2-1-3-5-20)22(18-21)32-26(34)25-9-8-24(37-25)19-10-16-36-17-11-19/h1-9,18-19,35H,10-17H2,(H,32,34). The topological polar surface area (TPSA) is 74.9 Å². The van der Waals surface area contributed by atoms with E-state index in [1.807, 2.05) is 35.2 Å². The first kappa shape index (κ1) is 25.4. The van der Waals surface area contributed by atoms with Crippen LogP contribution >= 0.6 is 0 Å². The van der Waals surface area contributed by atoms with Gasteiger partial charge < -0.3 is 24.5 Å². The van der Waals surface area contributed by atoms with Crippen molar-refractivity contribution < 1.29 is 32.2 Å². The van der Waals surface area contributed by atoms with Gasteiger partial charge in [-0.3, -0.25) is 4.79 Å². The molecule has 0 spiro atoms. The molecule has 0 atom stereocenters. The molecule has 2 fully saturated rings. The normalized spacial score (nSPS) is 18.5. The lowest BCUT2D eigenvalue weighted by Gasteiger charge is -2.40. The first-order valence-electron chi connectivity index (χ1n) is 12.5. The molecule has 2 saturated heterocycles. The van der Waals surface area contributed by atoms with Crippen LogP contribution in [0.2, 0.25) is 0 Å². The van der Waals surface area contributed by atoms with Crippen molar-refractivity contribution >= 4 is 17.3 Å². The predicted molar refractivity (Wildman–Crippen MR) is 133 cm³/mol. The monoisotopic (exact) mass is 514 g/mol. The van der Waals surface area contributed by atoms with E-state index in [4.69, 9.17) is 9.15 Å². The number of nitrogens with one attached hydrogen (secondary N) is 1. The number of carbonyl (C=O) groups is 1. The van der Waals surface area contributed by atoms with Crippen LogP contribution in [0.15, 0.2) is 65.1 Å². The molecule has 2 aliphatic rings. The van der Waals surface area contributed by atoms with Gasteiger partial charge in [-0.15, -0.1) is 0 Å². The first-order chi connectivity index (χ1) is 17.7. The number of benzene rings is 2. The maximum Gasteiger partial charge on any atom is 0.416 e. The molecule has 3 aromatic rings. The number of amides is 1. The molecule has 37 heavy (non-hydrogen) atoms. The number of hydrogen-bond acceptors (Lipinski definition) is 5. The molecule has 0 aliphatic carbocycles. The van der Waals surface area contributed by atoms with Gasteiger partial charge in [-0.25, -0.2) is 0 Å². The van der Waals surface area contributed by atoms with Crippen molar-refractivity contribution in [2.24, 2.45) is 0 Å². The van der Waals surface area contributed by atoms with Crippen LogP contribution in [0.5, 0.6) is 0 Å². The van der Waals surface area contributed by atoms with Crippen LogP contribution in [-0.2, 0) is 16.5 Å². The quantitative estimate of drug-likeness (QED) is 0.441. The minimum atomic E-state index is -4.56. The molecule has 2 aliphatic heterocycles. The Hall–Kier alpha value is -3.30. The molecule has 0 bridgehead atoms. The zero-order chi connectivity index (χ0) is 26.0. The highest BCUT2D eigenvalue weighted by Crippen LogP contribution is 2.39. The smallest absolute Gasteiger partial charge is 0.416 e. The van der Waals surface area contributed by atoms with E-state index in [0.29, 0.717) is 50.6 Å². The number of piperidine rings is 1. The van der Waals surface area contributed by atoms with Gasteiger partial charge in [-0.2, -0.15) is 13.2 Å². The van der Waals surface area contributed by atoms with Crippen molar-refractivity contribution in [1.29, 1.82) is 0 Å². The lowest BCUT2D eigenvalue weighted by atomic mass is 9.84. The van der Waals surface area contributed by atoms with E-state index in [1.165, 1.54) is 6.07 Å². The van der Waals surface area contributed by atoms with Gasteiger partial charge in [0.05, 0.1) is 22.5 Å². The van der Waals surface area contributed by atoms with Crippen LogP contribution in [0.1, 0.15) is 59.0 Å². The number of alkyl halides is 3. The lowest BCUT2D eigenvalue weighted by Crippen LogP contribution is -2.43. The second-order valence-electron chi connectivity index (χ2n) is 9.66. The fourth-order valence-corrected chi connectivity index (χ4v) is 5.10. The molecule has 0 saturated carbocycles. The Balaban J connectivity index is 1.36. The van der Waals surface area contributed by atoms with Crippen LogP contribution in [0.3, 0.4) is 0 Å². The van der Waals surface area contributed by atoms with E-state index >= 15 is 0 Å². The SMILES string of the molecule is O=C(Nc1cc(C(F)(F)F)ccc1N1CCC(O)(c2ccccc2)CC1)c1ccc(C2CCOCC2)o1. The van der Waals surface area contributed by atoms with Gasteiger partial charge in [0.15, 0.2) is 5.76 Å². The maximum absolute atomic E-state index is 13.5. The highest BCUT2D eigenvalue weighted by Gasteiger charge is 2.36. The minimum Gasteiger partial charge on any atom is -0.456 e. The van der Waals surface area contributed by atoms with Crippen molar-refractivity contribution in [2.75, 3.05) is 36.5 Å². The molecule has 1 amide bonds. The van der Waals surface area contributed by atoms with Gasteiger partial charge >= 0.3 is 6.18 Å². The van der Waals surface area contributed by atoms with E-state index in [9.17, 15) is 23.1 Å². The number of furan rings is 1. The minimum absolute atomic E-state index is 0.0435. The molecule has 5 rings (SSSR count). The zero-order valence-corrected chi connectivity index (χ0v) is 20.3. The van der Waals surface area contributed by atoms with Crippen LogP contribution < -0.4 is 10.2 Å². The molecule has 1 aromatic heterocycles. The highest BCUT2D eigenvalue weighted by atomic mass is 19.4. The second-order valence-corrected chi connectivity index (χ2v) is 9.66. The molecule has 196 valence electrons. The van der Waals surface area contributed by atoms with Gasteiger partial charge in [0.1, 0.15) is 5.76 Å². The Bertz CT molecular complexity index is 1230. The van der Waals surface area contributed by atoms with Gasteiger partial charge in [-0.1, -0.05) is 30.3 Å². The number of rotatable bonds is 5. The van der Waals surface area contributed by atoms with Gasteiger partial charge in [-0.05, 0) is 61.6 Å². The van der Waals surface area contributed by atoms with Crippen molar-refractivity contribution in [1.82, 2.24) is 0 Å². The molecular weight excluding hydrogens is 485 g/mol. The Morgan fingerprint density at radius 1 is 1.00 bits per heavy atom. The Morgan fingerprint density at radius 3 is 2.38 bits per heavy atom. The molecular formula is C28H29F3N2O4. The summed E-state index contributed by atoms with van der Waals surface area (Å²) in [4.78, 5) is 14.9. The maximum atomic E-state index is 13.5. The third-order valence-corrected chi connectivity index (χ3v) is 7.29. The average Bonchev–Trinajstić information content (AvgIpc) is 3.41. The summed E-state index contributed by atoms with van der Waals surface area (Å²) in [5.74, 6) is 0.253. The van der Waals surface area contributed by atoms with Crippen LogP contribution in [-0.4, -0.2) is 37.3 Å². The predicted octanol–water partition coefficient (Wildman–Crippen LogP) is 5.93. The summed E-state index contributed by atoms with van der Waals surface area (Å²) < 4.78 is 51.7. The lowest BCUT2D eigenvalue weighted by molar-refractivity contribution is -0.137. The number of nitrogens with zero attached hydrogens (tertiary/aromatic N) is 1. The number of halogens is 3. The summed E-state index contributed by atoms with van der Waals surface area (Å²) in [6, 6.07) is 16.0. The van der Waals surface area contributed by atoms with E-state index in [2.05, 4.69) is 5.32 Å². The molecule has 2 aromatic carbocycles. The highest BCUT2D eigenvalue weighted by molar-refractivity contribution is 6.04. The van der Waals surface area contributed by atoms with Gasteiger partial charge in [0.25, 0.3) is 5.91 Å². The molecule has 6 nitrogen and oxygen atoms in total. The summed E-state index contributed by atoms with van der Waals surface area (Å²) in [5.41, 5.74) is -0.538. The van der Waals surface area contributed by atoms with E-state index < -0.39 is 23.2 Å². The first-order valence-corrected chi connectivity index (χ1v) is 12.5. The third kappa shape index (κ3) is 5.52. The van der Waals surface area contributed by atoms with Crippen molar-refractivity contribution in [2.45, 2.75) is 43.4 Å². The number of aliphatic hydroxyl groups is 1. The number of ether oxygens (including phenoxy) is 1. The molecule has 0 radical (unpaired) electrons. The Morgan fingerprint density at radius 2 is 1.70 bits per heavy atom. The molecule has 3 heterocycles. The summed E-state index contributed by atoms with van der Waals surface area (Å²) in [7, 11) is 0. The second kappa shape index (κ2) is 10.2. The van der Waals surface area contributed by atoms with Crippen LogP contribution in [0, 0.1) is 0 Å². The van der Waals surface area contributed by atoms with Gasteiger partial charge in [0.2, 0.25) is 0 Å². The average molecular weight is 515 g/mol.